The van der Waals surface area contributed by atoms with Crippen molar-refractivity contribution in [1.29, 1.82) is 0 Å². The molecule has 4 aromatic rings. The third-order valence-electron chi connectivity index (χ3n) is 4.61. The number of aromatic nitrogens is 4. The second-order valence-electron chi connectivity index (χ2n) is 6.76. The number of amides is 1. The number of hydrogen-bond donors (Lipinski definition) is 1. The van der Waals surface area contributed by atoms with Gasteiger partial charge in [0.15, 0.2) is 0 Å². The zero-order valence-corrected chi connectivity index (χ0v) is 17.7. The minimum atomic E-state index is -0.529. The molecule has 11 heteroatoms. The van der Waals surface area contributed by atoms with Crippen LogP contribution in [0.25, 0.3) is 5.65 Å². The van der Waals surface area contributed by atoms with E-state index in [0.29, 0.717) is 22.7 Å². The molecule has 33 heavy (non-hydrogen) atoms. The SMILES string of the molecule is COC(=O)c1ccc(NC(=O)Cn2nc3c(Oc4cccc(OC)c4)nccn3c2=O)cc1. The van der Waals surface area contributed by atoms with Crippen LogP contribution in [-0.4, -0.2) is 45.3 Å². The molecule has 0 aliphatic heterocycles. The fourth-order valence-electron chi connectivity index (χ4n) is 3.02. The first kappa shape index (κ1) is 21.6. The summed E-state index contributed by atoms with van der Waals surface area (Å²) in [5, 5.41) is 6.86. The Kier molecular flexibility index (Phi) is 6.02. The second kappa shape index (κ2) is 9.22. The number of ether oxygens (including phenoxy) is 3. The van der Waals surface area contributed by atoms with Gasteiger partial charge in [-0.25, -0.2) is 23.7 Å². The average Bonchev–Trinajstić information content (AvgIpc) is 3.15. The lowest BCUT2D eigenvalue weighted by atomic mass is 10.2. The third-order valence-corrected chi connectivity index (χ3v) is 4.61. The van der Waals surface area contributed by atoms with E-state index >= 15 is 0 Å². The molecule has 0 fully saturated rings. The van der Waals surface area contributed by atoms with Crippen LogP contribution >= 0.6 is 0 Å². The number of nitrogens with one attached hydrogen (secondary N) is 1. The van der Waals surface area contributed by atoms with Gasteiger partial charge < -0.3 is 19.5 Å². The third kappa shape index (κ3) is 4.66. The Morgan fingerprint density at radius 2 is 1.82 bits per heavy atom. The standard InChI is InChI=1S/C22H19N5O6/c1-31-16-4-3-5-17(12-16)33-20-19-25-27(22(30)26(19)11-10-23-20)13-18(28)24-15-8-6-14(7-9-15)21(29)32-2/h3-12H,13H2,1-2H3,(H,24,28). The number of anilines is 1. The first-order valence-electron chi connectivity index (χ1n) is 9.73. The smallest absolute Gasteiger partial charge is 0.351 e. The lowest BCUT2D eigenvalue weighted by Gasteiger charge is -2.06. The predicted molar refractivity (Wildman–Crippen MR) is 117 cm³/mol. The van der Waals surface area contributed by atoms with Crippen LogP contribution in [0.1, 0.15) is 10.4 Å². The first-order valence-corrected chi connectivity index (χ1v) is 9.73. The Morgan fingerprint density at radius 1 is 1.06 bits per heavy atom. The monoisotopic (exact) mass is 449 g/mol. The highest BCUT2D eigenvalue weighted by Crippen LogP contribution is 2.25. The minimum absolute atomic E-state index is 0.0976. The van der Waals surface area contributed by atoms with Gasteiger partial charge in [-0.15, -0.1) is 5.10 Å². The van der Waals surface area contributed by atoms with Crippen molar-refractivity contribution in [3.63, 3.8) is 0 Å². The number of benzene rings is 2. The van der Waals surface area contributed by atoms with Crippen LogP contribution in [0, 0.1) is 0 Å². The van der Waals surface area contributed by atoms with Gasteiger partial charge >= 0.3 is 11.7 Å². The maximum absolute atomic E-state index is 12.7. The van der Waals surface area contributed by atoms with E-state index in [1.165, 1.54) is 43.1 Å². The molecule has 1 N–H and O–H groups in total. The highest BCUT2D eigenvalue weighted by molar-refractivity contribution is 5.92. The molecule has 0 atom stereocenters. The number of carbonyl (C=O) groups is 2. The summed E-state index contributed by atoms with van der Waals surface area (Å²) in [4.78, 5) is 40.8. The average molecular weight is 449 g/mol. The number of hydrogen-bond acceptors (Lipinski definition) is 8. The molecule has 2 heterocycles. The summed E-state index contributed by atoms with van der Waals surface area (Å²) < 4.78 is 17.8. The van der Waals surface area contributed by atoms with Crippen LogP contribution < -0.4 is 20.5 Å². The lowest BCUT2D eigenvalue weighted by molar-refractivity contribution is -0.117. The van der Waals surface area contributed by atoms with Crippen LogP contribution in [0.2, 0.25) is 0 Å². The fraction of sp³-hybridized carbons (Fsp3) is 0.136. The van der Waals surface area contributed by atoms with Crippen molar-refractivity contribution in [2.45, 2.75) is 6.54 Å². The van der Waals surface area contributed by atoms with Gasteiger partial charge in [-0.1, -0.05) is 6.07 Å². The Bertz CT molecular complexity index is 1380. The van der Waals surface area contributed by atoms with Gasteiger partial charge in [-0.2, -0.15) is 0 Å². The molecule has 0 aliphatic carbocycles. The van der Waals surface area contributed by atoms with Gasteiger partial charge in [0.1, 0.15) is 18.0 Å². The fourth-order valence-corrected chi connectivity index (χ4v) is 3.02. The molecule has 2 aromatic carbocycles. The molecule has 11 nitrogen and oxygen atoms in total. The highest BCUT2D eigenvalue weighted by atomic mass is 16.5. The van der Waals surface area contributed by atoms with E-state index < -0.39 is 17.6 Å². The van der Waals surface area contributed by atoms with Crippen molar-refractivity contribution in [2.75, 3.05) is 19.5 Å². The second-order valence-corrected chi connectivity index (χ2v) is 6.76. The summed E-state index contributed by atoms with van der Waals surface area (Å²) in [5.41, 5.74) is 0.427. The molecule has 0 unspecified atom stereocenters. The van der Waals surface area contributed by atoms with Crippen molar-refractivity contribution >= 4 is 23.2 Å². The molecule has 2 aromatic heterocycles. The van der Waals surface area contributed by atoms with Crippen LogP contribution in [0.3, 0.4) is 0 Å². The van der Waals surface area contributed by atoms with Gasteiger partial charge in [-0.05, 0) is 36.4 Å². The van der Waals surface area contributed by atoms with Crippen LogP contribution in [-0.2, 0) is 16.1 Å². The van der Waals surface area contributed by atoms with E-state index in [1.807, 2.05) is 0 Å². The topological polar surface area (TPSA) is 126 Å². The highest BCUT2D eigenvalue weighted by Gasteiger charge is 2.16. The molecule has 0 radical (unpaired) electrons. The Morgan fingerprint density at radius 3 is 2.55 bits per heavy atom. The normalized spacial score (nSPS) is 10.6. The molecule has 1 amide bonds. The van der Waals surface area contributed by atoms with Gasteiger partial charge in [-0.3, -0.25) is 4.79 Å². The number of fused-ring (bicyclic) bond motifs is 1. The molecule has 0 saturated heterocycles. The van der Waals surface area contributed by atoms with E-state index in [2.05, 4.69) is 20.1 Å². The molecule has 0 saturated carbocycles. The summed E-state index contributed by atoms with van der Waals surface area (Å²) >= 11 is 0. The van der Waals surface area contributed by atoms with Gasteiger partial charge in [0.2, 0.25) is 11.6 Å². The molecule has 4 rings (SSSR count). The number of nitrogens with zero attached hydrogens (tertiary/aromatic N) is 4. The molecular formula is C22H19N5O6. The molecule has 0 bridgehead atoms. The Balaban J connectivity index is 1.53. The Labute approximate surface area is 187 Å². The summed E-state index contributed by atoms with van der Waals surface area (Å²) in [5.74, 6) is 0.184. The van der Waals surface area contributed by atoms with Crippen molar-refractivity contribution in [3.05, 3.63) is 77.0 Å². The number of methoxy groups -OCH3 is 2. The number of esters is 1. The van der Waals surface area contributed by atoms with Crippen molar-refractivity contribution in [2.24, 2.45) is 0 Å². The summed E-state index contributed by atoms with van der Waals surface area (Å²) in [6, 6.07) is 13.0. The number of rotatable bonds is 7. The van der Waals surface area contributed by atoms with E-state index in [9.17, 15) is 14.4 Å². The van der Waals surface area contributed by atoms with E-state index in [4.69, 9.17) is 9.47 Å². The molecule has 0 spiro atoms. The first-order chi connectivity index (χ1) is 16.0. The maximum Gasteiger partial charge on any atom is 0.351 e. The van der Waals surface area contributed by atoms with E-state index in [0.717, 1.165) is 4.68 Å². The summed E-state index contributed by atoms with van der Waals surface area (Å²) in [6.45, 7) is -0.335. The largest absolute Gasteiger partial charge is 0.497 e. The van der Waals surface area contributed by atoms with E-state index in [1.54, 1.807) is 36.4 Å². The van der Waals surface area contributed by atoms with E-state index in [-0.39, 0.29) is 18.1 Å². The minimum Gasteiger partial charge on any atom is -0.497 e. The molecule has 168 valence electrons. The van der Waals surface area contributed by atoms with Gasteiger partial charge in [0, 0.05) is 24.1 Å². The predicted octanol–water partition coefficient (Wildman–Crippen LogP) is 2.12. The zero-order valence-electron chi connectivity index (χ0n) is 17.7. The maximum atomic E-state index is 12.7. The quantitative estimate of drug-likeness (QED) is 0.425. The number of carbonyl (C=O) groups excluding carboxylic acids is 2. The van der Waals surface area contributed by atoms with Gasteiger partial charge in [0.25, 0.3) is 5.88 Å². The zero-order chi connectivity index (χ0) is 23.4. The van der Waals surface area contributed by atoms with Crippen molar-refractivity contribution in [3.8, 4) is 17.4 Å². The van der Waals surface area contributed by atoms with Crippen LogP contribution in [0.5, 0.6) is 17.4 Å². The van der Waals surface area contributed by atoms with Gasteiger partial charge in [0.05, 0.1) is 19.8 Å². The molecular weight excluding hydrogens is 430 g/mol. The van der Waals surface area contributed by atoms with Crippen LogP contribution in [0.15, 0.2) is 65.7 Å². The summed E-state index contributed by atoms with van der Waals surface area (Å²) in [6.07, 6.45) is 2.84. The Hall–Kier alpha value is -4.67. The lowest BCUT2D eigenvalue weighted by Crippen LogP contribution is -2.28. The molecule has 0 aliphatic rings. The van der Waals surface area contributed by atoms with Crippen LogP contribution in [0.4, 0.5) is 5.69 Å². The van der Waals surface area contributed by atoms with Crippen molar-refractivity contribution in [1.82, 2.24) is 19.2 Å². The summed E-state index contributed by atoms with van der Waals surface area (Å²) in [7, 11) is 2.82. The van der Waals surface area contributed by atoms with Crippen molar-refractivity contribution < 1.29 is 23.8 Å².